The first-order valence-electron chi connectivity index (χ1n) is 5.19. The third-order valence-corrected chi connectivity index (χ3v) is 2.25. The van der Waals surface area contributed by atoms with Gasteiger partial charge < -0.3 is 25.8 Å². The lowest BCUT2D eigenvalue weighted by Gasteiger charge is -2.32. The van der Waals surface area contributed by atoms with E-state index in [1.54, 1.807) is 4.90 Å². The number of aliphatic carboxylic acids is 1. The minimum Gasteiger partial charge on any atom is -0.481 e. The largest absolute Gasteiger partial charge is 0.481 e. The smallest absolute Gasteiger partial charge is 0.317 e. The molecule has 0 bridgehead atoms. The van der Waals surface area contributed by atoms with Gasteiger partial charge in [-0.15, -0.1) is 0 Å². The highest BCUT2D eigenvalue weighted by Crippen LogP contribution is 2.08. The Hall–Kier alpha value is -1.34. The molecule has 0 saturated carbocycles. The molecule has 7 nitrogen and oxygen atoms in total. The summed E-state index contributed by atoms with van der Waals surface area (Å²) >= 11 is 0. The molecule has 1 aliphatic rings. The Morgan fingerprint density at radius 2 is 2.31 bits per heavy atom. The summed E-state index contributed by atoms with van der Waals surface area (Å²) in [5.41, 5.74) is 5.26. The Balaban J connectivity index is 2.37. The zero-order chi connectivity index (χ0) is 12.0. The van der Waals surface area contributed by atoms with Crippen molar-refractivity contribution < 1.29 is 19.4 Å². The van der Waals surface area contributed by atoms with Crippen molar-refractivity contribution in [3.8, 4) is 0 Å². The van der Waals surface area contributed by atoms with E-state index in [0.29, 0.717) is 32.8 Å². The lowest BCUT2D eigenvalue weighted by atomic mass is 10.2. The van der Waals surface area contributed by atoms with E-state index in [1.807, 2.05) is 0 Å². The summed E-state index contributed by atoms with van der Waals surface area (Å²) in [5.74, 6) is -0.922. The van der Waals surface area contributed by atoms with Crippen LogP contribution in [0.5, 0.6) is 0 Å². The van der Waals surface area contributed by atoms with E-state index in [4.69, 9.17) is 15.6 Å². The fourth-order valence-electron chi connectivity index (χ4n) is 1.51. The summed E-state index contributed by atoms with van der Waals surface area (Å²) in [4.78, 5) is 23.6. The number of morpholine rings is 1. The number of rotatable bonds is 4. The number of nitrogens with two attached hydrogens (primary N) is 1. The van der Waals surface area contributed by atoms with Crippen molar-refractivity contribution in [1.29, 1.82) is 0 Å². The van der Waals surface area contributed by atoms with E-state index in [-0.39, 0.29) is 12.5 Å². The number of nitrogens with one attached hydrogen (secondary N) is 1. The van der Waals surface area contributed by atoms with Crippen LogP contribution in [0.25, 0.3) is 0 Å². The summed E-state index contributed by atoms with van der Waals surface area (Å²) in [6.45, 7) is 1.96. The number of hydrogen-bond acceptors (Lipinski definition) is 4. The summed E-state index contributed by atoms with van der Waals surface area (Å²) < 4.78 is 5.25. The monoisotopic (exact) mass is 231 g/mol. The fraction of sp³-hybridized carbons (Fsp3) is 0.778. The Morgan fingerprint density at radius 3 is 2.94 bits per heavy atom. The van der Waals surface area contributed by atoms with Crippen molar-refractivity contribution in [2.45, 2.75) is 12.5 Å². The van der Waals surface area contributed by atoms with Gasteiger partial charge in [0.05, 0.1) is 19.1 Å². The number of hydrogen-bond donors (Lipinski definition) is 3. The number of urea groups is 1. The van der Waals surface area contributed by atoms with Crippen LogP contribution in [0, 0.1) is 0 Å². The molecule has 0 spiro atoms. The van der Waals surface area contributed by atoms with Gasteiger partial charge in [-0.25, -0.2) is 4.79 Å². The summed E-state index contributed by atoms with van der Waals surface area (Å²) in [6, 6.07) is -0.218. The second kappa shape index (κ2) is 6.29. The Morgan fingerprint density at radius 1 is 1.56 bits per heavy atom. The van der Waals surface area contributed by atoms with Gasteiger partial charge in [0.15, 0.2) is 0 Å². The van der Waals surface area contributed by atoms with Gasteiger partial charge in [-0.3, -0.25) is 4.79 Å². The molecule has 0 aromatic rings. The van der Waals surface area contributed by atoms with Gasteiger partial charge in [0.1, 0.15) is 0 Å². The highest BCUT2D eigenvalue weighted by Gasteiger charge is 2.25. The van der Waals surface area contributed by atoms with Gasteiger partial charge in [-0.05, 0) is 0 Å². The van der Waals surface area contributed by atoms with E-state index >= 15 is 0 Å². The van der Waals surface area contributed by atoms with Crippen LogP contribution in [0.15, 0.2) is 0 Å². The lowest BCUT2D eigenvalue weighted by molar-refractivity contribution is -0.141. The second-order valence-electron chi connectivity index (χ2n) is 3.56. The van der Waals surface area contributed by atoms with Gasteiger partial charge in [-0.2, -0.15) is 0 Å². The standard InChI is InChI=1S/C9H17N3O4/c10-1-2-11-9(15)12-3-4-16-7(6-12)5-8(13)14/h7H,1-6,10H2,(H,11,15)(H,13,14). The van der Waals surface area contributed by atoms with Crippen LogP contribution < -0.4 is 11.1 Å². The minimum absolute atomic E-state index is 0.0827. The second-order valence-corrected chi connectivity index (χ2v) is 3.56. The van der Waals surface area contributed by atoms with E-state index < -0.39 is 12.1 Å². The van der Waals surface area contributed by atoms with E-state index in [2.05, 4.69) is 5.32 Å². The molecule has 0 radical (unpaired) electrons. The first-order chi connectivity index (χ1) is 7.63. The maximum absolute atomic E-state index is 11.5. The first-order valence-corrected chi connectivity index (χ1v) is 5.19. The summed E-state index contributed by atoms with van der Waals surface area (Å²) in [6.07, 6.45) is -0.504. The highest BCUT2D eigenvalue weighted by molar-refractivity contribution is 5.74. The topological polar surface area (TPSA) is 105 Å². The predicted molar refractivity (Wildman–Crippen MR) is 56.0 cm³/mol. The fourth-order valence-corrected chi connectivity index (χ4v) is 1.51. The molecule has 4 N–H and O–H groups in total. The summed E-state index contributed by atoms with van der Waals surface area (Å²) in [5, 5.41) is 11.3. The van der Waals surface area contributed by atoms with Crippen LogP contribution in [-0.4, -0.2) is 60.9 Å². The normalized spacial score (nSPS) is 20.6. The zero-order valence-corrected chi connectivity index (χ0v) is 9.02. The number of amides is 2. The average Bonchev–Trinajstić information content (AvgIpc) is 2.25. The van der Waals surface area contributed by atoms with Crippen molar-refractivity contribution in [3.63, 3.8) is 0 Å². The maximum atomic E-state index is 11.5. The molecule has 1 rings (SSSR count). The van der Waals surface area contributed by atoms with Crippen LogP contribution in [0.1, 0.15) is 6.42 Å². The Labute approximate surface area is 93.5 Å². The van der Waals surface area contributed by atoms with Crippen LogP contribution >= 0.6 is 0 Å². The van der Waals surface area contributed by atoms with Crippen molar-refractivity contribution in [2.75, 3.05) is 32.8 Å². The Kier molecular flexibility index (Phi) is 5.00. The number of carboxylic acids is 1. The SMILES string of the molecule is NCCNC(=O)N1CCOC(CC(=O)O)C1. The molecule has 7 heteroatoms. The van der Waals surface area contributed by atoms with Crippen LogP contribution in [0.4, 0.5) is 4.79 Å². The molecule has 1 saturated heterocycles. The molecule has 0 aliphatic carbocycles. The average molecular weight is 231 g/mol. The zero-order valence-electron chi connectivity index (χ0n) is 9.02. The molecule has 1 atom stereocenters. The third-order valence-electron chi connectivity index (χ3n) is 2.25. The summed E-state index contributed by atoms with van der Waals surface area (Å²) in [7, 11) is 0. The third kappa shape index (κ3) is 4.03. The van der Waals surface area contributed by atoms with Gasteiger partial charge in [0, 0.05) is 26.2 Å². The quantitative estimate of drug-likeness (QED) is 0.565. The lowest BCUT2D eigenvalue weighted by Crippen LogP contribution is -2.50. The molecule has 2 amide bonds. The van der Waals surface area contributed by atoms with Crippen LogP contribution in [0.2, 0.25) is 0 Å². The van der Waals surface area contributed by atoms with E-state index in [1.165, 1.54) is 0 Å². The number of nitrogens with zero attached hydrogens (tertiary/aromatic N) is 1. The van der Waals surface area contributed by atoms with Crippen molar-refractivity contribution in [1.82, 2.24) is 10.2 Å². The van der Waals surface area contributed by atoms with Gasteiger partial charge in [0.2, 0.25) is 0 Å². The predicted octanol–water partition coefficient (Wildman–Crippen LogP) is -1.17. The van der Waals surface area contributed by atoms with Gasteiger partial charge >= 0.3 is 12.0 Å². The van der Waals surface area contributed by atoms with Crippen molar-refractivity contribution in [2.24, 2.45) is 5.73 Å². The minimum atomic E-state index is -0.922. The number of carboxylic acid groups (broad SMARTS) is 1. The number of carbonyl (C=O) groups is 2. The first kappa shape index (κ1) is 12.7. The number of carbonyl (C=O) groups excluding carboxylic acids is 1. The van der Waals surface area contributed by atoms with Crippen LogP contribution in [-0.2, 0) is 9.53 Å². The highest BCUT2D eigenvalue weighted by atomic mass is 16.5. The van der Waals surface area contributed by atoms with Crippen LogP contribution in [0.3, 0.4) is 0 Å². The van der Waals surface area contributed by atoms with Gasteiger partial charge in [0.25, 0.3) is 0 Å². The van der Waals surface area contributed by atoms with E-state index in [9.17, 15) is 9.59 Å². The molecule has 1 heterocycles. The molecular formula is C9H17N3O4. The van der Waals surface area contributed by atoms with Crippen molar-refractivity contribution >= 4 is 12.0 Å². The molecule has 92 valence electrons. The molecule has 1 unspecified atom stereocenters. The molecule has 16 heavy (non-hydrogen) atoms. The molecule has 1 aliphatic heterocycles. The number of ether oxygens (including phenoxy) is 1. The Bertz CT molecular complexity index is 259. The van der Waals surface area contributed by atoms with Crippen molar-refractivity contribution in [3.05, 3.63) is 0 Å². The molecule has 1 fully saturated rings. The maximum Gasteiger partial charge on any atom is 0.317 e. The molecular weight excluding hydrogens is 214 g/mol. The molecule has 0 aromatic heterocycles. The van der Waals surface area contributed by atoms with Gasteiger partial charge in [-0.1, -0.05) is 0 Å². The van der Waals surface area contributed by atoms with E-state index in [0.717, 1.165) is 0 Å². The molecule has 0 aromatic carbocycles.